The van der Waals surface area contributed by atoms with Crippen LogP contribution >= 0.6 is 0 Å². The Bertz CT molecular complexity index is 771. The van der Waals surface area contributed by atoms with E-state index >= 15 is 0 Å². The van der Waals surface area contributed by atoms with E-state index in [4.69, 9.17) is 9.47 Å². The first-order chi connectivity index (χ1) is 13.4. The first-order valence-corrected chi connectivity index (χ1v) is 9.06. The van der Waals surface area contributed by atoms with Gasteiger partial charge in [-0.2, -0.15) is 13.2 Å². The highest BCUT2D eigenvalue weighted by molar-refractivity contribution is 5.93. The zero-order chi connectivity index (χ0) is 20.0. The molecule has 2 heterocycles. The van der Waals surface area contributed by atoms with Crippen molar-refractivity contribution < 1.29 is 27.4 Å². The van der Waals surface area contributed by atoms with Crippen molar-refractivity contribution >= 4 is 5.91 Å². The van der Waals surface area contributed by atoms with E-state index < -0.39 is 11.7 Å². The third-order valence-corrected chi connectivity index (χ3v) is 4.43. The van der Waals surface area contributed by atoms with Gasteiger partial charge in [-0.1, -0.05) is 12.1 Å². The number of benzene rings is 1. The molecular formula is C20H21F3N2O3. The molecule has 8 heteroatoms. The van der Waals surface area contributed by atoms with E-state index in [-0.39, 0.29) is 12.0 Å². The van der Waals surface area contributed by atoms with Crippen LogP contribution in [0.2, 0.25) is 0 Å². The molecule has 1 saturated heterocycles. The fourth-order valence-corrected chi connectivity index (χ4v) is 2.83. The zero-order valence-corrected chi connectivity index (χ0v) is 15.2. The van der Waals surface area contributed by atoms with Crippen LogP contribution in [-0.2, 0) is 17.3 Å². The monoisotopic (exact) mass is 394 g/mol. The number of aromatic nitrogens is 1. The second-order valence-electron chi connectivity index (χ2n) is 6.52. The number of alkyl halides is 3. The lowest BCUT2D eigenvalue weighted by Crippen LogP contribution is -2.27. The molecule has 1 N–H and O–H groups in total. The van der Waals surface area contributed by atoms with Gasteiger partial charge in [0.2, 0.25) is 5.88 Å². The van der Waals surface area contributed by atoms with Gasteiger partial charge in [-0.3, -0.25) is 4.79 Å². The van der Waals surface area contributed by atoms with Crippen molar-refractivity contribution in [3.63, 3.8) is 0 Å². The van der Waals surface area contributed by atoms with Gasteiger partial charge < -0.3 is 14.8 Å². The van der Waals surface area contributed by atoms with Crippen molar-refractivity contribution in [1.29, 1.82) is 0 Å². The SMILES string of the molecule is O=C(NCCc1ccc(C(F)(F)F)cc1)c1ccc(OC2CCOCC2)nc1. The van der Waals surface area contributed by atoms with Gasteiger partial charge >= 0.3 is 6.18 Å². The molecule has 1 aromatic heterocycles. The van der Waals surface area contributed by atoms with Gasteiger partial charge in [-0.25, -0.2) is 4.98 Å². The van der Waals surface area contributed by atoms with Crippen molar-refractivity contribution in [3.8, 4) is 5.88 Å². The molecule has 28 heavy (non-hydrogen) atoms. The predicted molar refractivity (Wildman–Crippen MR) is 96.2 cm³/mol. The molecular weight excluding hydrogens is 373 g/mol. The number of hydrogen-bond donors (Lipinski definition) is 1. The molecule has 3 rings (SSSR count). The number of carbonyl (C=O) groups is 1. The molecule has 0 radical (unpaired) electrons. The number of nitrogens with zero attached hydrogens (tertiary/aromatic N) is 1. The van der Waals surface area contributed by atoms with E-state index in [1.165, 1.54) is 18.3 Å². The van der Waals surface area contributed by atoms with Crippen molar-refractivity contribution in [2.24, 2.45) is 0 Å². The number of rotatable bonds is 6. The van der Waals surface area contributed by atoms with Gasteiger partial charge in [0, 0.05) is 31.6 Å². The molecule has 150 valence electrons. The van der Waals surface area contributed by atoms with Gasteiger partial charge in [-0.05, 0) is 30.2 Å². The van der Waals surface area contributed by atoms with Crippen LogP contribution in [0.1, 0.15) is 34.3 Å². The summed E-state index contributed by atoms with van der Waals surface area (Å²) < 4.78 is 48.7. The van der Waals surface area contributed by atoms with Crippen LogP contribution < -0.4 is 10.1 Å². The van der Waals surface area contributed by atoms with Crippen molar-refractivity contribution in [2.75, 3.05) is 19.8 Å². The second kappa shape index (κ2) is 9.05. The number of ether oxygens (including phenoxy) is 2. The largest absolute Gasteiger partial charge is 0.474 e. The number of amides is 1. The molecule has 1 aliphatic heterocycles. The van der Waals surface area contributed by atoms with Crippen LogP contribution in [0.25, 0.3) is 0 Å². The standard InChI is InChI=1S/C20H21F3N2O3/c21-20(22,23)16-4-1-14(2-5-16)7-10-24-19(26)15-3-6-18(25-13-15)28-17-8-11-27-12-9-17/h1-6,13,17H,7-12H2,(H,24,26). The Labute approximate surface area is 160 Å². The highest BCUT2D eigenvalue weighted by Gasteiger charge is 2.29. The molecule has 1 fully saturated rings. The van der Waals surface area contributed by atoms with Gasteiger partial charge in [-0.15, -0.1) is 0 Å². The first-order valence-electron chi connectivity index (χ1n) is 9.06. The van der Waals surface area contributed by atoms with Gasteiger partial charge in [0.25, 0.3) is 5.91 Å². The molecule has 1 amide bonds. The number of nitrogens with one attached hydrogen (secondary N) is 1. The van der Waals surface area contributed by atoms with Gasteiger partial charge in [0.1, 0.15) is 6.10 Å². The Kier molecular flexibility index (Phi) is 6.51. The average Bonchev–Trinajstić information content (AvgIpc) is 2.69. The molecule has 0 unspecified atom stereocenters. The van der Waals surface area contributed by atoms with E-state index in [1.807, 2.05) is 0 Å². The molecule has 0 bridgehead atoms. The quantitative estimate of drug-likeness (QED) is 0.813. The average molecular weight is 394 g/mol. The summed E-state index contributed by atoms with van der Waals surface area (Å²) in [4.78, 5) is 16.3. The van der Waals surface area contributed by atoms with E-state index in [9.17, 15) is 18.0 Å². The predicted octanol–water partition coefficient (Wildman–Crippen LogP) is 3.63. The first kappa shape index (κ1) is 20.1. The van der Waals surface area contributed by atoms with Crippen LogP contribution in [0.5, 0.6) is 5.88 Å². The van der Waals surface area contributed by atoms with Crippen molar-refractivity contribution in [1.82, 2.24) is 10.3 Å². The lowest BCUT2D eigenvalue weighted by Gasteiger charge is -2.22. The maximum absolute atomic E-state index is 12.5. The normalized spacial score (nSPS) is 15.2. The van der Waals surface area contributed by atoms with Gasteiger partial charge in [0.15, 0.2) is 0 Å². The Morgan fingerprint density at radius 2 is 1.86 bits per heavy atom. The van der Waals surface area contributed by atoms with Crippen LogP contribution in [0.15, 0.2) is 42.6 Å². The molecule has 2 aromatic rings. The lowest BCUT2D eigenvalue weighted by molar-refractivity contribution is -0.137. The summed E-state index contributed by atoms with van der Waals surface area (Å²) in [6.45, 7) is 1.65. The summed E-state index contributed by atoms with van der Waals surface area (Å²) in [5.41, 5.74) is 0.424. The van der Waals surface area contributed by atoms with E-state index in [2.05, 4.69) is 10.3 Å². The lowest BCUT2D eigenvalue weighted by atomic mass is 10.1. The Morgan fingerprint density at radius 1 is 1.14 bits per heavy atom. The van der Waals surface area contributed by atoms with E-state index in [1.54, 1.807) is 12.1 Å². The van der Waals surface area contributed by atoms with Crippen LogP contribution in [-0.4, -0.2) is 36.8 Å². The minimum Gasteiger partial charge on any atom is -0.474 e. The summed E-state index contributed by atoms with van der Waals surface area (Å²) in [6, 6.07) is 8.20. The van der Waals surface area contributed by atoms with Gasteiger partial charge in [0.05, 0.1) is 24.3 Å². The minimum absolute atomic E-state index is 0.0738. The number of halogens is 3. The molecule has 1 aliphatic rings. The summed E-state index contributed by atoms with van der Waals surface area (Å²) in [5.74, 6) is 0.172. The third kappa shape index (κ3) is 5.69. The molecule has 0 atom stereocenters. The highest BCUT2D eigenvalue weighted by Crippen LogP contribution is 2.29. The maximum Gasteiger partial charge on any atom is 0.416 e. The zero-order valence-electron chi connectivity index (χ0n) is 15.2. The highest BCUT2D eigenvalue weighted by atomic mass is 19.4. The molecule has 5 nitrogen and oxygen atoms in total. The molecule has 0 saturated carbocycles. The second-order valence-corrected chi connectivity index (χ2v) is 6.52. The van der Waals surface area contributed by atoms with Crippen LogP contribution in [0, 0.1) is 0 Å². The van der Waals surface area contributed by atoms with E-state index in [0.29, 0.717) is 43.2 Å². The topological polar surface area (TPSA) is 60.5 Å². The smallest absolute Gasteiger partial charge is 0.416 e. The number of carbonyl (C=O) groups excluding carboxylic acids is 1. The molecule has 1 aromatic carbocycles. The fraction of sp³-hybridized carbons (Fsp3) is 0.400. The van der Waals surface area contributed by atoms with E-state index in [0.717, 1.165) is 25.0 Å². The number of hydrogen-bond acceptors (Lipinski definition) is 4. The van der Waals surface area contributed by atoms with Crippen molar-refractivity contribution in [2.45, 2.75) is 31.5 Å². The maximum atomic E-state index is 12.5. The summed E-state index contributed by atoms with van der Waals surface area (Å²) in [5, 5.41) is 2.73. The third-order valence-electron chi connectivity index (χ3n) is 4.43. The van der Waals surface area contributed by atoms with Crippen LogP contribution in [0.3, 0.4) is 0 Å². The summed E-state index contributed by atoms with van der Waals surface area (Å²) >= 11 is 0. The Hall–Kier alpha value is -2.61. The minimum atomic E-state index is -4.35. The van der Waals surface area contributed by atoms with Crippen LogP contribution in [0.4, 0.5) is 13.2 Å². The summed E-state index contributed by atoms with van der Waals surface area (Å²) in [6.07, 6.45) is -0.767. The Balaban J connectivity index is 1.45. The fourth-order valence-electron chi connectivity index (χ4n) is 2.83. The molecule has 0 aliphatic carbocycles. The molecule has 0 spiro atoms. The van der Waals surface area contributed by atoms with Crippen molar-refractivity contribution in [3.05, 3.63) is 59.3 Å². The Morgan fingerprint density at radius 3 is 2.46 bits per heavy atom. The summed E-state index contributed by atoms with van der Waals surface area (Å²) in [7, 11) is 0. The number of pyridine rings is 1.